The molecule has 102 valence electrons. The van der Waals surface area contributed by atoms with Gasteiger partial charge in [0.15, 0.2) is 0 Å². The van der Waals surface area contributed by atoms with E-state index in [1.165, 1.54) is 24.3 Å². The first-order valence-electron chi connectivity index (χ1n) is 6.30. The fraction of sp³-hybridized carbons (Fsp3) is 0.133. The molecular formula is C15H13FN2O2. The number of anilines is 2. The second-order valence-corrected chi connectivity index (χ2v) is 4.51. The van der Waals surface area contributed by atoms with Crippen LogP contribution in [0.4, 0.5) is 20.6 Å². The quantitative estimate of drug-likeness (QED) is 0.880. The van der Waals surface area contributed by atoms with E-state index >= 15 is 0 Å². The monoisotopic (exact) mass is 272 g/mol. The number of urea groups is 1. The first-order valence-corrected chi connectivity index (χ1v) is 6.30. The van der Waals surface area contributed by atoms with Crippen LogP contribution in [0, 0.1) is 5.82 Å². The smallest absolute Gasteiger partial charge is 0.323 e. The van der Waals surface area contributed by atoms with Gasteiger partial charge in [-0.15, -0.1) is 0 Å². The van der Waals surface area contributed by atoms with Crippen LogP contribution in [-0.2, 0) is 6.42 Å². The van der Waals surface area contributed by atoms with Gasteiger partial charge in [0.05, 0.1) is 6.61 Å². The zero-order chi connectivity index (χ0) is 13.9. The highest BCUT2D eigenvalue weighted by molar-refractivity contribution is 5.99. The Morgan fingerprint density at radius 3 is 2.55 bits per heavy atom. The molecule has 4 nitrogen and oxygen atoms in total. The van der Waals surface area contributed by atoms with Crippen molar-refractivity contribution in [2.45, 2.75) is 6.42 Å². The molecule has 0 spiro atoms. The molecule has 0 atom stereocenters. The molecule has 0 saturated carbocycles. The minimum absolute atomic E-state index is 0.338. The maximum absolute atomic E-state index is 12.8. The molecule has 5 heteroatoms. The van der Waals surface area contributed by atoms with E-state index < -0.39 is 0 Å². The average Bonchev–Trinajstić information content (AvgIpc) is 2.89. The number of ether oxygens (including phenoxy) is 1. The molecule has 0 fully saturated rings. The van der Waals surface area contributed by atoms with Gasteiger partial charge >= 0.3 is 6.03 Å². The Labute approximate surface area is 115 Å². The second-order valence-electron chi connectivity index (χ2n) is 4.51. The van der Waals surface area contributed by atoms with Gasteiger partial charge in [0.2, 0.25) is 0 Å². The third-order valence-corrected chi connectivity index (χ3v) is 3.05. The number of hydrogen-bond donors (Lipinski definition) is 2. The number of halogens is 1. The predicted octanol–water partition coefficient (Wildman–Crippen LogP) is 3.40. The van der Waals surface area contributed by atoms with Crippen molar-refractivity contribution in [2.75, 3.05) is 17.2 Å². The molecule has 3 rings (SSSR count). The summed E-state index contributed by atoms with van der Waals surface area (Å²) in [7, 11) is 0. The van der Waals surface area contributed by atoms with E-state index in [0.29, 0.717) is 18.0 Å². The van der Waals surface area contributed by atoms with Crippen molar-refractivity contribution in [3.63, 3.8) is 0 Å². The number of fused-ring (bicyclic) bond motifs is 1. The lowest BCUT2D eigenvalue weighted by molar-refractivity contribution is 0.262. The van der Waals surface area contributed by atoms with Crippen molar-refractivity contribution in [3.05, 3.63) is 53.8 Å². The van der Waals surface area contributed by atoms with Gasteiger partial charge in [0.25, 0.3) is 0 Å². The lowest BCUT2D eigenvalue weighted by atomic mass is 10.1. The van der Waals surface area contributed by atoms with Crippen LogP contribution in [0.3, 0.4) is 0 Å². The maximum Gasteiger partial charge on any atom is 0.323 e. The number of nitrogens with one attached hydrogen (secondary N) is 2. The summed E-state index contributed by atoms with van der Waals surface area (Å²) in [6.45, 7) is 0.681. The lowest BCUT2D eigenvalue weighted by Crippen LogP contribution is -2.19. The molecule has 1 aliphatic rings. The van der Waals surface area contributed by atoms with Crippen LogP contribution < -0.4 is 15.4 Å². The SMILES string of the molecule is O=C(Nc1ccc(F)cc1)Nc1ccc2c(c1)CCO2. The van der Waals surface area contributed by atoms with Gasteiger partial charge in [0, 0.05) is 17.8 Å². The highest BCUT2D eigenvalue weighted by Crippen LogP contribution is 2.27. The third-order valence-electron chi connectivity index (χ3n) is 3.05. The summed E-state index contributed by atoms with van der Waals surface area (Å²) >= 11 is 0. The van der Waals surface area contributed by atoms with Gasteiger partial charge < -0.3 is 15.4 Å². The highest BCUT2D eigenvalue weighted by Gasteiger charge is 2.12. The zero-order valence-electron chi connectivity index (χ0n) is 10.7. The van der Waals surface area contributed by atoms with E-state index in [4.69, 9.17) is 4.74 Å². The molecule has 20 heavy (non-hydrogen) atoms. The van der Waals surface area contributed by atoms with E-state index in [9.17, 15) is 9.18 Å². The van der Waals surface area contributed by atoms with Crippen LogP contribution >= 0.6 is 0 Å². The molecule has 2 aromatic rings. The van der Waals surface area contributed by atoms with Crippen LogP contribution in [0.15, 0.2) is 42.5 Å². The van der Waals surface area contributed by atoms with Gasteiger partial charge in [-0.1, -0.05) is 0 Å². The first kappa shape index (κ1) is 12.5. The number of amides is 2. The van der Waals surface area contributed by atoms with Crippen molar-refractivity contribution < 1.29 is 13.9 Å². The molecule has 1 heterocycles. The molecule has 1 aliphatic heterocycles. The van der Waals surface area contributed by atoms with Gasteiger partial charge in [-0.25, -0.2) is 9.18 Å². The van der Waals surface area contributed by atoms with E-state index in [1.807, 2.05) is 12.1 Å². The Morgan fingerprint density at radius 1 is 1.05 bits per heavy atom. The Balaban J connectivity index is 1.65. The molecule has 0 aliphatic carbocycles. The third kappa shape index (κ3) is 2.71. The summed E-state index contributed by atoms with van der Waals surface area (Å²) in [6, 6.07) is 10.8. The molecule has 0 saturated heterocycles. The molecule has 0 radical (unpaired) electrons. The number of carbonyl (C=O) groups excluding carboxylic acids is 1. The summed E-state index contributed by atoms with van der Waals surface area (Å²) < 4.78 is 18.2. The van der Waals surface area contributed by atoms with E-state index in [1.54, 1.807) is 6.07 Å². The normalized spacial score (nSPS) is 12.4. The molecule has 2 amide bonds. The molecule has 2 N–H and O–H groups in total. The zero-order valence-corrected chi connectivity index (χ0v) is 10.7. The Hall–Kier alpha value is -2.56. The summed E-state index contributed by atoms with van der Waals surface area (Å²) in [4.78, 5) is 11.8. The van der Waals surface area contributed by atoms with Gasteiger partial charge in [-0.3, -0.25) is 0 Å². The standard InChI is InChI=1S/C15H13FN2O2/c16-11-1-3-12(4-2-11)17-15(19)18-13-5-6-14-10(9-13)7-8-20-14/h1-6,9H,7-8H2,(H2,17,18,19). The van der Waals surface area contributed by atoms with Gasteiger partial charge in [-0.2, -0.15) is 0 Å². The number of carbonyl (C=O) groups is 1. The number of benzene rings is 2. The molecule has 2 aromatic carbocycles. The number of rotatable bonds is 2. The molecule has 0 bridgehead atoms. The average molecular weight is 272 g/mol. The largest absolute Gasteiger partial charge is 0.493 e. The van der Waals surface area contributed by atoms with Crippen molar-refractivity contribution in [2.24, 2.45) is 0 Å². The van der Waals surface area contributed by atoms with Crippen molar-refractivity contribution in [1.82, 2.24) is 0 Å². The van der Waals surface area contributed by atoms with Crippen LogP contribution in [-0.4, -0.2) is 12.6 Å². The maximum atomic E-state index is 12.8. The van der Waals surface area contributed by atoms with E-state index in [-0.39, 0.29) is 11.8 Å². The Kier molecular flexibility index (Phi) is 3.25. The summed E-state index contributed by atoms with van der Waals surface area (Å²) in [5, 5.41) is 5.37. The van der Waals surface area contributed by atoms with Gasteiger partial charge in [0.1, 0.15) is 11.6 Å². The van der Waals surface area contributed by atoms with Crippen LogP contribution in [0.2, 0.25) is 0 Å². The second kappa shape index (κ2) is 5.21. The highest BCUT2D eigenvalue weighted by atomic mass is 19.1. The minimum Gasteiger partial charge on any atom is -0.493 e. The lowest BCUT2D eigenvalue weighted by Gasteiger charge is -2.08. The van der Waals surface area contributed by atoms with E-state index in [2.05, 4.69) is 10.6 Å². The fourth-order valence-corrected chi connectivity index (χ4v) is 2.09. The van der Waals surface area contributed by atoms with Gasteiger partial charge in [-0.05, 0) is 48.0 Å². The van der Waals surface area contributed by atoms with Crippen LogP contribution in [0.5, 0.6) is 5.75 Å². The van der Waals surface area contributed by atoms with Crippen molar-refractivity contribution in [3.8, 4) is 5.75 Å². The topological polar surface area (TPSA) is 50.4 Å². The van der Waals surface area contributed by atoms with Crippen LogP contribution in [0.25, 0.3) is 0 Å². The molecular weight excluding hydrogens is 259 g/mol. The predicted molar refractivity (Wildman–Crippen MR) is 74.7 cm³/mol. The molecule has 0 unspecified atom stereocenters. The fourth-order valence-electron chi connectivity index (χ4n) is 2.09. The van der Waals surface area contributed by atoms with Crippen molar-refractivity contribution >= 4 is 17.4 Å². The minimum atomic E-state index is -0.365. The molecule has 0 aromatic heterocycles. The first-order chi connectivity index (χ1) is 9.70. The van der Waals surface area contributed by atoms with Crippen LogP contribution in [0.1, 0.15) is 5.56 Å². The van der Waals surface area contributed by atoms with Crippen molar-refractivity contribution in [1.29, 1.82) is 0 Å². The Bertz CT molecular complexity index is 641. The Morgan fingerprint density at radius 2 is 1.75 bits per heavy atom. The summed E-state index contributed by atoms with van der Waals surface area (Å²) in [5.74, 6) is 0.532. The summed E-state index contributed by atoms with van der Waals surface area (Å²) in [6.07, 6.45) is 0.852. The number of hydrogen-bond acceptors (Lipinski definition) is 2. The summed E-state index contributed by atoms with van der Waals surface area (Å²) in [5.41, 5.74) is 2.33. The van der Waals surface area contributed by atoms with E-state index in [0.717, 1.165) is 17.7 Å².